The normalized spacial score (nSPS) is 15.0. The summed E-state index contributed by atoms with van der Waals surface area (Å²) >= 11 is 2.98. The van der Waals surface area contributed by atoms with Crippen molar-refractivity contribution in [2.75, 3.05) is 28.8 Å². The molecule has 0 amide bonds. The molecule has 2 aliphatic rings. The SMILES string of the molecule is CCN1CCc2cc(NNc3nc4sc(/C=C5\C(=O)c6ccccc6C5=C(C#N)C#N)cc4s3)ccc21. The largest absolute Gasteiger partial charge is 0.371 e. The number of Topliss-reactive ketones (excluding diaryl/α,β-unsaturated/α-hetero) is 1. The highest BCUT2D eigenvalue weighted by Gasteiger charge is 2.32. The number of nitriles is 2. The fourth-order valence-corrected chi connectivity index (χ4v) is 6.89. The van der Waals surface area contributed by atoms with E-state index in [1.54, 1.807) is 30.3 Å². The van der Waals surface area contributed by atoms with Crippen LogP contribution in [0.25, 0.3) is 21.2 Å². The van der Waals surface area contributed by atoms with Gasteiger partial charge >= 0.3 is 0 Å². The summed E-state index contributed by atoms with van der Waals surface area (Å²) in [6.45, 7) is 4.26. The summed E-state index contributed by atoms with van der Waals surface area (Å²) in [7, 11) is 0. The lowest BCUT2D eigenvalue weighted by molar-refractivity contribution is 0.104. The van der Waals surface area contributed by atoms with Crippen molar-refractivity contribution in [1.29, 1.82) is 10.5 Å². The number of thiophene rings is 1. The number of rotatable bonds is 5. The second-order valence-electron chi connectivity index (χ2n) is 8.67. The van der Waals surface area contributed by atoms with Crippen LogP contribution in [-0.2, 0) is 6.42 Å². The number of ketones is 1. The number of allylic oxidation sites excluding steroid dienone is 3. The second kappa shape index (κ2) is 9.21. The van der Waals surface area contributed by atoms with Gasteiger partial charge in [-0.1, -0.05) is 35.6 Å². The molecule has 37 heavy (non-hydrogen) atoms. The molecule has 1 aliphatic carbocycles. The number of carbonyl (C=O) groups excluding carboxylic acids is 1. The third-order valence-corrected chi connectivity index (χ3v) is 8.61. The lowest BCUT2D eigenvalue weighted by atomic mass is 9.99. The Balaban J connectivity index is 1.24. The number of aromatic nitrogens is 1. The van der Waals surface area contributed by atoms with E-state index in [0.717, 1.165) is 44.7 Å². The smallest absolute Gasteiger partial charge is 0.203 e. The molecule has 0 radical (unpaired) electrons. The molecule has 1 aliphatic heterocycles. The molecule has 2 aromatic carbocycles. The predicted octanol–water partition coefficient (Wildman–Crippen LogP) is 6.26. The molecule has 0 atom stereocenters. The van der Waals surface area contributed by atoms with E-state index in [9.17, 15) is 15.3 Å². The van der Waals surface area contributed by atoms with E-state index in [0.29, 0.717) is 22.3 Å². The number of likely N-dealkylation sites (N-methyl/N-ethyl adjacent to an activating group) is 1. The van der Waals surface area contributed by atoms with Crippen molar-refractivity contribution in [2.45, 2.75) is 13.3 Å². The number of fused-ring (bicyclic) bond motifs is 3. The zero-order valence-corrected chi connectivity index (χ0v) is 21.5. The molecule has 0 saturated carbocycles. The molecule has 0 unspecified atom stereocenters. The van der Waals surface area contributed by atoms with Crippen LogP contribution in [0.15, 0.2) is 59.7 Å². The van der Waals surface area contributed by atoms with Crippen LogP contribution in [0.1, 0.15) is 33.3 Å². The van der Waals surface area contributed by atoms with Gasteiger partial charge in [-0.15, -0.1) is 11.3 Å². The van der Waals surface area contributed by atoms with Gasteiger partial charge in [0.2, 0.25) is 5.13 Å². The molecular weight excluding hydrogens is 500 g/mol. The van der Waals surface area contributed by atoms with Crippen molar-refractivity contribution in [1.82, 2.24) is 4.98 Å². The Hall–Kier alpha value is -4.44. The van der Waals surface area contributed by atoms with Crippen molar-refractivity contribution in [3.05, 3.63) is 81.2 Å². The minimum absolute atomic E-state index is 0.0624. The van der Waals surface area contributed by atoms with Crippen LogP contribution in [0.2, 0.25) is 0 Å². The van der Waals surface area contributed by atoms with Gasteiger partial charge in [-0.3, -0.25) is 15.6 Å². The number of carbonyl (C=O) groups is 1. The summed E-state index contributed by atoms with van der Waals surface area (Å²) in [5.74, 6) is -0.179. The Labute approximate surface area is 221 Å². The molecule has 0 bridgehead atoms. The maximum Gasteiger partial charge on any atom is 0.203 e. The van der Waals surface area contributed by atoms with Crippen molar-refractivity contribution in [3.8, 4) is 12.1 Å². The molecule has 9 heteroatoms. The third-order valence-electron chi connectivity index (χ3n) is 6.59. The summed E-state index contributed by atoms with van der Waals surface area (Å²) in [4.78, 5) is 21.9. The van der Waals surface area contributed by atoms with E-state index in [1.165, 1.54) is 33.9 Å². The summed E-state index contributed by atoms with van der Waals surface area (Å²) < 4.78 is 0.989. The fourth-order valence-electron chi connectivity index (χ4n) is 4.87. The standard InChI is InChI=1S/C28H20N6OS2/c1-2-34-10-9-16-11-18(7-8-23(16)34)32-33-28-31-27-24(37-28)13-19(36-27)12-22-25(17(14-29)15-30)20-5-3-4-6-21(20)26(22)35/h3-8,11-13,32H,2,9-10H2,1H3,(H,31,33)/b22-12-. The minimum atomic E-state index is -0.179. The zero-order valence-electron chi connectivity index (χ0n) is 19.8. The number of nitrogens with one attached hydrogen (secondary N) is 2. The first-order valence-electron chi connectivity index (χ1n) is 11.8. The topological polar surface area (TPSA) is 105 Å². The van der Waals surface area contributed by atoms with Crippen LogP contribution in [0, 0.1) is 22.7 Å². The Morgan fingerprint density at radius 3 is 2.68 bits per heavy atom. The van der Waals surface area contributed by atoms with Gasteiger partial charge in [0.1, 0.15) is 22.5 Å². The molecule has 0 spiro atoms. The van der Waals surface area contributed by atoms with Gasteiger partial charge in [-0.05, 0) is 54.8 Å². The van der Waals surface area contributed by atoms with Gasteiger partial charge in [0.15, 0.2) is 5.78 Å². The van der Waals surface area contributed by atoms with Crippen molar-refractivity contribution in [3.63, 3.8) is 0 Å². The predicted molar refractivity (Wildman–Crippen MR) is 150 cm³/mol. The maximum absolute atomic E-state index is 13.1. The van der Waals surface area contributed by atoms with Gasteiger partial charge in [0.25, 0.3) is 0 Å². The van der Waals surface area contributed by atoms with Crippen LogP contribution < -0.4 is 15.8 Å². The van der Waals surface area contributed by atoms with Gasteiger partial charge < -0.3 is 4.90 Å². The number of hydrogen-bond acceptors (Lipinski definition) is 9. The molecule has 7 nitrogen and oxygen atoms in total. The summed E-state index contributed by atoms with van der Waals surface area (Å²) in [6, 6.07) is 19.4. The highest BCUT2D eigenvalue weighted by atomic mass is 32.1. The third kappa shape index (κ3) is 3.95. The number of thiazole rings is 1. The van der Waals surface area contributed by atoms with Crippen LogP contribution >= 0.6 is 22.7 Å². The average Bonchev–Trinajstić information content (AvgIpc) is 3.66. The summed E-state index contributed by atoms with van der Waals surface area (Å²) in [5.41, 5.74) is 11.9. The molecule has 4 aromatic rings. The van der Waals surface area contributed by atoms with Crippen LogP contribution in [0.3, 0.4) is 0 Å². The van der Waals surface area contributed by atoms with Crippen molar-refractivity contribution >= 4 is 66.1 Å². The molecule has 180 valence electrons. The first-order chi connectivity index (χ1) is 18.1. The van der Waals surface area contributed by atoms with Crippen LogP contribution in [0.4, 0.5) is 16.5 Å². The fraction of sp³-hybridized carbons (Fsp3) is 0.143. The van der Waals surface area contributed by atoms with Gasteiger partial charge in [-0.2, -0.15) is 10.5 Å². The lowest BCUT2D eigenvalue weighted by Crippen LogP contribution is -2.19. The van der Waals surface area contributed by atoms with Crippen LogP contribution in [-0.4, -0.2) is 23.9 Å². The zero-order chi connectivity index (χ0) is 25.5. The quantitative estimate of drug-likeness (QED) is 0.182. The molecule has 0 fully saturated rings. The second-order valence-corrected chi connectivity index (χ2v) is 10.8. The molecular formula is C28H20N6OS2. The Morgan fingerprint density at radius 2 is 1.92 bits per heavy atom. The van der Waals surface area contributed by atoms with Crippen molar-refractivity contribution < 1.29 is 4.79 Å². The summed E-state index contributed by atoms with van der Waals surface area (Å²) in [6.07, 6.45) is 2.82. The Morgan fingerprint density at radius 1 is 1.11 bits per heavy atom. The molecule has 2 aromatic heterocycles. The van der Waals surface area contributed by atoms with Crippen molar-refractivity contribution in [2.24, 2.45) is 0 Å². The lowest BCUT2D eigenvalue weighted by Gasteiger charge is -2.16. The maximum atomic E-state index is 13.1. The van der Waals surface area contributed by atoms with Crippen LogP contribution in [0.5, 0.6) is 0 Å². The first kappa shape index (κ1) is 23.0. The Bertz CT molecular complexity index is 1680. The number of nitrogens with zero attached hydrogens (tertiary/aromatic N) is 4. The molecule has 6 rings (SSSR count). The van der Waals surface area contributed by atoms with E-state index in [4.69, 9.17) is 4.98 Å². The monoisotopic (exact) mass is 520 g/mol. The number of hydrogen-bond donors (Lipinski definition) is 2. The van der Waals surface area contributed by atoms with Gasteiger partial charge in [0, 0.05) is 40.4 Å². The Kier molecular flexibility index (Phi) is 5.72. The van der Waals surface area contributed by atoms with Gasteiger partial charge in [-0.25, -0.2) is 4.98 Å². The highest BCUT2D eigenvalue weighted by Crippen LogP contribution is 2.41. The first-order valence-corrected chi connectivity index (χ1v) is 13.4. The average molecular weight is 521 g/mol. The van der Waals surface area contributed by atoms with E-state index in [-0.39, 0.29) is 11.4 Å². The van der Waals surface area contributed by atoms with E-state index in [1.807, 2.05) is 18.2 Å². The highest BCUT2D eigenvalue weighted by molar-refractivity contribution is 7.29. The number of benzene rings is 2. The minimum Gasteiger partial charge on any atom is -0.371 e. The van der Waals surface area contributed by atoms with Gasteiger partial charge in [0.05, 0.1) is 10.4 Å². The molecule has 0 saturated heterocycles. The van der Waals surface area contributed by atoms with E-state index >= 15 is 0 Å². The number of hydrazine groups is 1. The number of anilines is 3. The summed E-state index contributed by atoms with van der Waals surface area (Å²) in [5, 5.41) is 19.8. The van der Waals surface area contributed by atoms with E-state index < -0.39 is 0 Å². The molecule has 2 N–H and O–H groups in total. The van der Waals surface area contributed by atoms with E-state index in [2.05, 4.69) is 40.9 Å². The molecule has 3 heterocycles.